The molecule has 0 aromatic carbocycles. The third-order valence-electron chi connectivity index (χ3n) is 14.8. The Labute approximate surface area is 337 Å². The van der Waals surface area contributed by atoms with Crippen molar-refractivity contribution < 1.29 is 19.1 Å². The lowest BCUT2D eigenvalue weighted by Crippen LogP contribution is -2.52. The van der Waals surface area contributed by atoms with E-state index in [1.807, 2.05) is 27.7 Å². The average molecular weight is 771 g/mol. The molecule has 5 N–H and O–H groups in total. The smallest absolute Gasteiger partial charge is 0.234 e. The van der Waals surface area contributed by atoms with Crippen LogP contribution in [0.4, 0.5) is 0 Å². The highest BCUT2D eigenvalue weighted by atomic mass is 16.5. The van der Waals surface area contributed by atoms with Crippen molar-refractivity contribution >= 4 is 17.7 Å². The minimum atomic E-state index is -0.443. The first-order valence-corrected chi connectivity index (χ1v) is 22.8. The highest BCUT2D eigenvalue weighted by Crippen LogP contribution is 2.67. The number of fused-ring (bicyclic) bond motifs is 5. The van der Waals surface area contributed by atoms with Gasteiger partial charge in [0.05, 0.1) is 11.6 Å². The van der Waals surface area contributed by atoms with Crippen LogP contribution in [0, 0.1) is 46.3 Å². The van der Waals surface area contributed by atoms with Crippen LogP contribution >= 0.6 is 0 Å². The van der Waals surface area contributed by atoms with Crippen molar-refractivity contribution in [1.82, 2.24) is 16.0 Å². The van der Waals surface area contributed by atoms with Crippen LogP contribution in [0.1, 0.15) is 185 Å². The molecule has 3 amide bonds. The number of hydrogen-bond donors (Lipinski definition) is 4. The van der Waals surface area contributed by atoms with Crippen LogP contribution in [-0.2, 0) is 19.1 Å². The van der Waals surface area contributed by atoms with E-state index >= 15 is 0 Å². The van der Waals surface area contributed by atoms with Crippen LogP contribution in [0.3, 0.4) is 0 Å². The minimum Gasteiger partial charge on any atom is -0.375 e. The van der Waals surface area contributed by atoms with Crippen LogP contribution in [0.25, 0.3) is 0 Å². The molecule has 4 aliphatic carbocycles. The second-order valence-corrected chi connectivity index (χ2v) is 20.0. The maximum absolute atomic E-state index is 13.7. The summed E-state index contributed by atoms with van der Waals surface area (Å²) in [6, 6.07) is -0.323. The molecule has 8 heteroatoms. The SMILES string of the molecule is CC.CNC(CCCCNC(=O)CCC(C)(C)OCCC(C)(C)NC(=O)C1CCC2(C)C(=CCC3C2CCC2(C)C(CCCCC(C)C)CCC32)C1)C(N)=O. The number of carbonyl (C=O) groups is 3. The molecule has 0 spiro atoms. The van der Waals surface area contributed by atoms with Gasteiger partial charge >= 0.3 is 0 Å². The van der Waals surface area contributed by atoms with Gasteiger partial charge in [-0.3, -0.25) is 14.4 Å². The molecule has 3 saturated carbocycles. The van der Waals surface area contributed by atoms with Crippen molar-refractivity contribution in [3.8, 4) is 0 Å². The first-order valence-electron chi connectivity index (χ1n) is 22.8. The third kappa shape index (κ3) is 13.0. The van der Waals surface area contributed by atoms with Crippen LogP contribution in [0.5, 0.6) is 0 Å². The molecule has 318 valence electrons. The number of likely N-dealkylation sites (N-methyl/N-ethyl adjacent to an activating group) is 1. The van der Waals surface area contributed by atoms with Crippen molar-refractivity contribution in [3.63, 3.8) is 0 Å². The maximum atomic E-state index is 13.7. The van der Waals surface area contributed by atoms with Crippen LogP contribution in [-0.4, -0.2) is 55.1 Å². The molecule has 0 saturated heterocycles. The number of allylic oxidation sites excluding steroid dienone is 2. The van der Waals surface area contributed by atoms with E-state index in [1.165, 1.54) is 57.8 Å². The summed E-state index contributed by atoms with van der Waals surface area (Å²) in [7, 11) is 1.73. The molecule has 0 bridgehead atoms. The Morgan fingerprint density at radius 1 is 0.927 bits per heavy atom. The number of hydrogen-bond acceptors (Lipinski definition) is 5. The fourth-order valence-electron chi connectivity index (χ4n) is 11.2. The van der Waals surface area contributed by atoms with Gasteiger partial charge in [0.1, 0.15) is 0 Å². The van der Waals surface area contributed by atoms with Crippen LogP contribution in [0.15, 0.2) is 11.6 Å². The molecule has 4 rings (SSSR count). The van der Waals surface area contributed by atoms with Gasteiger partial charge in [-0.05, 0) is 165 Å². The minimum absolute atomic E-state index is 0.0126. The third-order valence-corrected chi connectivity index (χ3v) is 14.8. The zero-order valence-corrected chi connectivity index (χ0v) is 37.5. The van der Waals surface area contributed by atoms with Gasteiger partial charge in [0, 0.05) is 31.0 Å². The molecule has 0 aromatic heterocycles. The van der Waals surface area contributed by atoms with Crippen molar-refractivity contribution in [2.24, 2.45) is 52.1 Å². The maximum Gasteiger partial charge on any atom is 0.234 e. The number of amides is 3. The lowest BCUT2D eigenvalue weighted by molar-refractivity contribution is -0.129. The van der Waals surface area contributed by atoms with E-state index < -0.39 is 5.60 Å². The second kappa shape index (κ2) is 21.2. The predicted octanol–water partition coefficient (Wildman–Crippen LogP) is 9.64. The summed E-state index contributed by atoms with van der Waals surface area (Å²) in [5.41, 5.74) is 6.92. The number of nitrogens with one attached hydrogen (secondary N) is 3. The van der Waals surface area contributed by atoms with Gasteiger partial charge in [-0.2, -0.15) is 0 Å². The summed E-state index contributed by atoms with van der Waals surface area (Å²) < 4.78 is 6.27. The fourth-order valence-corrected chi connectivity index (χ4v) is 11.2. The summed E-state index contributed by atoms with van der Waals surface area (Å²) in [4.78, 5) is 37.5. The van der Waals surface area contributed by atoms with Gasteiger partial charge in [0.25, 0.3) is 0 Å². The molecule has 4 aliphatic rings. The van der Waals surface area contributed by atoms with E-state index in [2.05, 4.69) is 63.6 Å². The van der Waals surface area contributed by atoms with Crippen molar-refractivity contribution in [1.29, 1.82) is 0 Å². The molecular weight excluding hydrogens is 685 g/mol. The lowest BCUT2D eigenvalue weighted by Gasteiger charge is -2.58. The largest absolute Gasteiger partial charge is 0.375 e. The number of ether oxygens (including phenoxy) is 1. The lowest BCUT2D eigenvalue weighted by atomic mass is 9.47. The first-order chi connectivity index (χ1) is 25.9. The van der Waals surface area contributed by atoms with Crippen molar-refractivity contribution in [3.05, 3.63) is 11.6 Å². The summed E-state index contributed by atoms with van der Waals surface area (Å²) in [5, 5.41) is 9.31. The zero-order chi connectivity index (χ0) is 41.0. The summed E-state index contributed by atoms with van der Waals surface area (Å²) in [5.74, 6) is 4.12. The Balaban J connectivity index is 0.00000399. The number of primary amides is 1. The Bertz CT molecular complexity index is 1260. The van der Waals surface area contributed by atoms with Gasteiger partial charge in [-0.15, -0.1) is 0 Å². The monoisotopic (exact) mass is 771 g/mol. The number of carbonyl (C=O) groups excluding carboxylic acids is 3. The average Bonchev–Trinajstić information content (AvgIpc) is 3.46. The molecule has 0 aliphatic heterocycles. The van der Waals surface area contributed by atoms with Crippen molar-refractivity contribution in [2.75, 3.05) is 20.2 Å². The molecule has 8 nitrogen and oxygen atoms in total. The van der Waals surface area contributed by atoms with E-state index in [0.717, 1.165) is 61.7 Å². The van der Waals surface area contributed by atoms with Gasteiger partial charge in [0.2, 0.25) is 17.7 Å². The van der Waals surface area contributed by atoms with Gasteiger partial charge < -0.3 is 26.4 Å². The van der Waals surface area contributed by atoms with E-state index in [0.29, 0.717) is 44.2 Å². The van der Waals surface area contributed by atoms with E-state index in [4.69, 9.17) is 10.5 Å². The molecule has 0 heterocycles. The normalized spacial score (nSPS) is 29.5. The zero-order valence-electron chi connectivity index (χ0n) is 37.5. The topological polar surface area (TPSA) is 123 Å². The molecule has 0 aromatic rings. The number of unbranched alkanes of at least 4 members (excludes halogenated alkanes) is 2. The van der Waals surface area contributed by atoms with E-state index in [9.17, 15) is 14.4 Å². The predicted molar refractivity (Wildman–Crippen MR) is 228 cm³/mol. The fraction of sp³-hybridized carbons (Fsp3) is 0.894. The number of rotatable bonds is 21. The summed E-state index contributed by atoms with van der Waals surface area (Å²) >= 11 is 0. The Morgan fingerprint density at radius 3 is 2.31 bits per heavy atom. The molecule has 3 fully saturated rings. The van der Waals surface area contributed by atoms with Crippen LogP contribution in [0.2, 0.25) is 0 Å². The van der Waals surface area contributed by atoms with Gasteiger partial charge in [-0.25, -0.2) is 0 Å². The van der Waals surface area contributed by atoms with E-state index in [1.54, 1.807) is 12.6 Å². The quantitative estimate of drug-likeness (QED) is 0.0684. The Morgan fingerprint density at radius 2 is 1.64 bits per heavy atom. The number of nitrogens with two attached hydrogens (primary N) is 1. The van der Waals surface area contributed by atoms with Gasteiger partial charge in [0.15, 0.2) is 0 Å². The van der Waals surface area contributed by atoms with E-state index in [-0.39, 0.29) is 40.6 Å². The van der Waals surface area contributed by atoms with Crippen LogP contribution < -0.4 is 21.7 Å². The molecule has 8 unspecified atom stereocenters. The molecule has 0 radical (unpaired) electrons. The second-order valence-electron chi connectivity index (χ2n) is 20.0. The summed E-state index contributed by atoms with van der Waals surface area (Å²) in [6.07, 6.45) is 22.1. The standard InChI is InChI=1S/C45H80N4O4.C2H6/c1-31(2)14-10-11-15-33-18-20-36-35-19-17-34-30-32(21-25-45(34,8)37(35)22-26-44(33,36)7)41(52)49-42(3,4)27-29-53-43(5,6)24-23-39(50)48-28-13-12-16-38(47-9)40(46)51;1-2/h17,31-33,35-38,47H,10-16,18-30H2,1-9H3,(H2,46,51)(H,48,50)(H,49,52);1-2H3. The molecule has 8 atom stereocenters. The Kier molecular flexibility index (Phi) is 18.3. The first kappa shape index (κ1) is 47.4. The summed E-state index contributed by atoms with van der Waals surface area (Å²) in [6.45, 7) is 23.3. The Hall–Kier alpha value is -1.93. The van der Waals surface area contributed by atoms with Crippen molar-refractivity contribution in [2.45, 2.75) is 202 Å². The highest BCUT2D eigenvalue weighted by molar-refractivity contribution is 5.80. The molecular formula is C47H86N4O4. The van der Waals surface area contributed by atoms with Gasteiger partial charge in [-0.1, -0.05) is 72.5 Å². The highest BCUT2D eigenvalue weighted by Gasteiger charge is 2.58. The molecule has 55 heavy (non-hydrogen) atoms.